The number of piperidine rings is 2. The predicted octanol–water partition coefficient (Wildman–Crippen LogP) is 2.81. The molecule has 0 aliphatic carbocycles. The number of hydrogen-bond acceptors (Lipinski definition) is 3. The van der Waals surface area contributed by atoms with E-state index in [9.17, 15) is 0 Å². The van der Waals surface area contributed by atoms with Crippen LogP contribution in [0.15, 0.2) is 36.5 Å². The van der Waals surface area contributed by atoms with Gasteiger partial charge in [0.1, 0.15) is 0 Å². The number of nitrogens with one attached hydrogen (secondary N) is 1. The zero-order valence-electron chi connectivity index (χ0n) is 12.5. The van der Waals surface area contributed by atoms with Gasteiger partial charge in [-0.3, -0.25) is 9.88 Å². The molecular formula is C18H23N3. The zero-order chi connectivity index (χ0) is 14.1. The Morgan fingerprint density at radius 1 is 1.19 bits per heavy atom. The predicted molar refractivity (Wildman–Crippen MR) is 86.2 cm³/mol. The molecule has 0 radical (unpaired) electrons. The summed E-state index contributed by atoms with van der Waals surface area (Å²) < 4.78 is 0. The van der Waals surface area contributed by atoms with Crippen molar-refractivity contribution in [2.45, 2.75) is 31.8 Å². The van der Waals surface area contributed by atoms with Gasteiger partial charge in [-0.25, -0.2) is 0 Å². The first-order valence-corrected chi connectivity index (χ1v) is 8.18. The Hall–Kier alpha value is -1.45. The lowest BCUT2D eigenvalue weighted by atomic mass is 9.85. The lowest BCUT2D eigenvalue weighted by Gasteiger charge is -2.41. The molecule has 1 aromatic heterocycles. The van der Waals surface area contributed by atoms with Gasteiger partial charge in [0.15, 0.2) is 0 Å². The second-order valence-electron chi connectivity index (χ2n) is 6.47. The number of fused-ring (bicyclic) bond motifs is 2. The largest absolute Gasteiger partial charge is 0.314 e. The van der Waals surface area contributed by atoms with Crippen LogP contribution in [0.25, 0.3) is 10.9 Å². The topological polar surface area (TPSA) is 28.2 Å². The average Bonchev–Trinajstić information content (AvgIpc) is 2.55. The van der Waals surface area contributed by atoms with E-state index in [0.717, 1.165) is 24.0 Å². The number of benzene rings is 1. The third-order valence-corrected chi connectivity index (χ3v) is 5.11. The molecule has 1 aromatic carbocycles. The molecule has 1 N–H and O–H groups in total. The second-order valence-corrected chi connectivity index (χ2v) is 6.47. The van der Waals surface area contributed by atoms with Crippen molar-refractivity contribution in [1.29, 1.82) is 0 Å². The van der Waals surface area contributed by atoms with Gasteiger partial charge < -0.3 is 5.32 Å². The molecule has 21 heavy (non-hydrogen) atoms. The Labute approximate surface area is 126 Å². The van der Waals surface area contributed by atoms with Crippen LogP contribution >= 0.6 is 0 Å². The first-order valence-electron chi connectivity index (χ1n) is 8.18. The van der Waals surface area contributed by atoms with Gasteiger partial charge in [0.05, 0.1) is 5.52 Å². The summed E-state index contributed by atoms with van der Waals surface area (Å²) in [5.41, 5.74) is 2.53. The van der Waals surface area contributed by atoms with Crippen LogP contribution in [0.2, 0.25) is 0 Å². The molecule has 4 rings (SSSR count). The van der Waals surface area contributed by atoms with Crippen molar-refractivity contribution in [2.24, 2.45) is 5.92 Å². The molecule has 0 bridgehead atoms. The quantitative estimate of drug-likeness (QED) is 0.917. The first kappa shape index (κ1) is 13.2. The van der Waals surface area contributed by atoms with E-state index >= 15 is 0 Å². The van der Waals surface area contributed by atoms with Gasteiger partial charge >= 0.3 is 0 Å². The first-order chi connectivity index (χ1) is 10.4. The van der Waals surface area contributed by atoms with Crippen LogP contribution < -0.4 is 5.32 Å². The molecule has 3 nitrogen and oxygen atoms in total. The summed E-state index contributed by atoms with van der Waals surface area (Å²) in [5.74, 6) is 0.848. The molecule has 0 saturated carbocycles. The van der Waals surface area contributed by atoms with Crippen LogP contribution in [0.4, 0.5) is 0 Å². The summed E-state index contributed by atoms with van der Waals surface area (Å²) in [4.78, 5) is 7.11. The fourth-order valence-electron chi connectivity index (χ4n) is 4.00. The van der Waals surface area contributed by atoms with Gasteiger partial charge in [0.25, 0.3) is 0 Å². The van der Waals surface area contributed by atoms with Crippen molar-refractivity contribution in [3.63, 3.8) is 0 Å². The fraction of sp³-hybridized carbons (Fsp3) is 0.500. The van der Waals surface area contributed by atoms with E-state index < -0.39 is 0 Å². The SMILES string of the molecule is c1ccc2c(CN3CCC4NCCCC4C3)ccnc2c1. The fourth-order valence-corrected chi connectivity index (χ4v) is 4.00. The Morgan fingerprint density at radius 2 is 2.14 bits per heavy atom. The Bertz CT molecular complexity index is 619. The van der Waals surface area contributed by atoms with Crippen LogP contribution in [0.1, 0.15) is 24.8 Å². The van der Waals surface area contributed by atoms with Gasteiger partial charge in [0.2, 0.25) is 0 Å². The van der Waals surface area contributed by atoms with Crippen molar-refractivity contribution < 1.29 is 0 Å². The van der Waals surface area contributed by atoms with E-state index in [1.54, 1.807) is 0 Å². The van der Waals surface area contributed by atoms with Gasteiger partial charge in [-0.2, -0.15) is 0 Å². The maximum Gasteiger partial charge on any atom is 0.0705 e. The molecule has 2 aromatic rings. The van der Waals surface area contributed by atoms with Gasteiger partial charge in [-0.05, 0) is 56.0 Å². The van der Waals surface area contributed by atoms with Crippen LogP contribution in [-0.2, 0) is 6.54 Å². The molecule has 0 spiro atoms. The van der Waals surface area contributed by atoms with Gasteiger partial charge in [0, 0.05) is 30.7 Å². The van der Waals surface area contributed by atoms with Gasteiger partial charge in [-0.1, -0.05) is 18.2 Å². The average molecular weight is 281 g/mol. The van der Waals surface area contributed by atoms with E-state index in [4.69, 9.17) is 0 Å². The van der Waals surface area contributed by atoms with E-state index in [0.29, 0.717) is 0 Å². The highest BCUT2D eigenvalue weighted by Gasteiger charge is 2.30. The van der Waals surface area contributed by atoms with E-state index in [2.05, 4.69) is 45.5 Å². The summed E-state index contributed by atoms with van der Waals surface area (Å²) in [7, 11) is 0. The molecule has 110 valence electrons. The van der Waals surface area contributed by atoms with E-state index in [1.807, 2.05) is 6.20 Å². The minimum atomic E-state index is 0.768. The molecule has 2 fully saturated rings. The smallest absolute Gasteiger partial charge is 0.0705 e. The lowest BCUT2D eigenvalue weighted by molar-refractivity contribution is 0.109. The number of hydrogen-bond donors (Lipinski definition) is 1. The van der Waals surface area contributed by atoms with Crippen molar-refractivity contribution in [1.82, 2.24) is 15.2 Å². The Balaban J connectivity index is 1.52. The van der Waals surface area contributed by atoms with Crippen LogP contribution in [0.5, 0.6) is 0 Å². The van der Waals surface area contributed by atoms with Gasteiger partial charge in [-0.15, -0.1) is 0 Å². The third-order valence-electron chi connectivity index (χ3n) is 5.11. The minimum Gasteiger partial charge on any atom is -0.314 e. The summed E-state index contributed by atoms with van der Waals surface area (Å²) in [6.07, 6.45) is 5.98. The molecule has 2 saturated heterocycles. The summed E-state index contributed by atoms with van der Waals surface area (Å²) in [6, 6.07) is 11.4. The number of pyridine rings is 1. The van der Waals surface area contributed by atoms with Crippen molar-refractivity contribution in [2.75, 3.05) is 19.6 Å². The summed E-state index contributed by atoms with van der Waals surface area (Å²) in [6.45, 7) is 4.74. The maximum atomic E-state index is 4.47. The minimum absolute atomic E-state index is 0.768. The number of aromatic nitrogens is 1. The zero-order valence-corrected chi connectivity index (χ0v) is 12.5. The molecule has 2 unspecified atom stereocenters. The Kier molecular flexibility index (Phi) is 3.62. The number of likely N-dealkylation sites (tertiary alicyclic amines) is 1. The third kappa shape index (κ3) is 2.68. The van der Waals surface area contributed by atoms with E-state index in [-0.39, 0.29) is 0 Å². The van der Waals surface area contributed by atoms with Crippen molar-refractivity contribution in [3.05, 3.63) is 42.1 Å². The summed E-state index contributed by atoms with van der Waals surface area (Å²) in [5, 5.41) is 5.01. The molecule has 0 amide bonds. The number of nitrogens with zero attached hydrogens (tertiary/aromatic N) is 2. The monoisotopic (exact) mass is 281 g/mol. The number of rotatable bonds is 2. The van der Waals surface area contributed by atoms with Crippen molar-refractivity contribution >= 4 is 10.9 Å². The second kappa shape index (κ2) is 5.74. The molecule has 2 aliphatic heterocycles. The normalized spacial score (nSPS) is 26.7. The molecule has 2 aliphatic rings. The van der Waals surface area contributed by atoms with Crippen LogP contribution in [0.3, 0.4) is 0 Å². The highest BCUT2D eigenvalue weighted by molar-refractivity contribution is 5.81. The standard InChI is InChI=1S/C18H23N3/c1-2-6-18-16(5-1)14(7-10-20-18)12-21-11-8-17-15(13-21)4-3-9-19-17/h1-2,5-7,10,15,17,19H,3-4,8-9,11-13H2. The van der Waals surface area contributed by atoms with Crippen LogP contribution in [0, 0.1) is 5.92 Å². The number of para-hydroxylation sites is 1. The highest BCUT2D eigenvalue weighted by atomic mass is 15.2. The Morgan fingerprint density at radius 3 is 3.14 bits per heavy atom. The maximum absolute atomic E-state index is 4.47. The molecule has 2 atom stereocenters. The lowest BCUT2D eigenvalue weighted by Crippen LogP contribution is -2.51. The molecule has 3 heteroatoms. The highest BCUT2D eigenvalue weighted by Crippen LogP contribution is 2.27. The molecule has 3 heterocycles. The molecular weight excluding hydrogens is 258 g/mol. The van der Waals surface area contributed by atoms with E-state index in [1.165, 1.54) is 49.8 Å². The van der Waals surface area contributed by atoms with Crippen molar-refractivity contribution in [3.8, 4) is 0 Å². The summed E-state index contributed by atoms with van der Waals surface area (Å²) >= 11 is 0. The van der Waals surface area contributed by atoms with Crippen LogP contribution in [-0.4, -0.2) is 35.6 Å².